The highest BCUT2D eigenvalue weighted by Crippen LogP contribution is 2.24. The minimum atomic E-state index is -0.400. The van der Waals surface area contributed by atoms with Crippen LogP contribution in [0.15, 0.2) is 46.9 Å². The molecule has 9 heteroatoms. The second-order valence-corrected chi connectivity index (χ2v) is 7.35. The van der Waals surface area contributed by atoms with Crippen LogP contribution in [0, 0.1) is 0 Å². The summed E-state index contributed by atoms with van der Waals surface area (Å²) in [5, 5.41) is 5.84. The molecular formula is C18H16BrCl2N3O3. The molecule has 0 spiro atoms. The van der Waals surface area contributed by atoms with Crippen molar-refractivity contribution in [2.75, 3.05) is 25.5 Å². The topological polar surface area (TPSA) is 78.5 Å². The summed E-state index contributed by atoms with van der Waals surface area (Å²) < 4.78 is 0.762. The molecule has 6 nitrogen and oxygen atoms in total. The van der Waals surface area contributed by atoms with E-state index in [0.717, 1.165) is 4.47 Å². The molecule has 0 aliphatic heterocycles. The number of anilines is 1. The Kier molecular flexibility index (Phi) is 7.65. The number of carbonyl (C=O) groups is 3. The molecule has 3 amide bonds. The lowest BCUT2D eigenvalue weighted by Gasteiger charge is -2.17. The van der Waals surface area contributed by atoms with Crippen molar-refractivity contribution in [1.82, 2.24) is 10.2 Å². The first kappa shape index (κ1) is 21.2. The molecule has 2 aromatic rings. The molecular weight excluding hydrogens is 457 g/mol. The van der Waals surface area contributed by atoms with E-state index in [1.807, 2.05) is 0 Å². The van der Waals surface area contributed by atoms with Gasteiger partial charge in [-0.05, 0) is 36.4 Å². The zero-order valence-electron chi connectivity index (χ0n) is 14.3. The molecule has 142 valence electrons. The van der Waals surface area contributed by atoms with Crippen LogP contribution in [0.2, 0.25) is 10.0 Å². The van der Waals surface area contributed by atoms with E-state index in [9.17, 15) is 14.4 Å². The van der Waals surface area contributed by atoms with Crippen LogP contribution in [-0.2, 0) is 9.59 Å². The van der Waals surface area contributed by atoms with Crippen molar-refractivity contribution in [3.8, 4) is 0 Å². The largest absolute Gasteiger partial charge is 0.343 e. The number of halogens is 3. The van der Waals surface area contributed by atoms with Crippen molar-refractivity contribution >= 4 is 62.5 Å². The maximum Gasteiger partial charge on any atom is 0.251 e. The third-order valence-corrected chi connectivity index (χ3v) is 4.73. The average Bonchev–Trinajstić information content (AvgIpc) is 2.62. The lowest BCUT2D eigenvalue weighted by molar-refractivity contribution is -0.132. The van der Waals surface area contributed by atoms with Crippen LogP contribution in [0.4, 0.5) is 5.69 Å². The van der Waals surface area contributed by atoms with E-state index in [1.165, 1.54) is 18.0 Å². The lowest BCUT2D eigenvalue weighted by Crippen LogP contribution is -2.41. The molecule has 0 aromatic heterocycles. The second kappa shape index (κ2) is 9.73. The van der Waals surface area contributed by atoms with Crippen molar-refractivity contribution in [2.24, 2.45) is 0 Å². The molecule has 0 aliphatic rings. The Hall–Kier alpha value is -2.09. The Labute approximate surface area is 174 Å². The van der Waals surface area contributed by atoms with Crippen molar-refractivity contribution < 1.29 is 14.4 Å². The number of rotatable bonds is 6. The molecule has 0 heterocycles. The molecule has 2 aromatic carbocycles. The van der Waals surface area contributed by atoms with Crippen molar-refractivity contribution in [3.05, 3.63) is 62.5 Å². The number of likely N-dealkylation sites (N-methyl/N-ethyl adjacent to an activating group) is 1. The molecule has 0 unspecified atom stereocenters. The van der Waals surface area contributed by atoms with E-state index >= 15 is 0 Å². The number of hydrogen-bond donors (Lipinski definition) is 2. The normalized spacial score (nSPS) is 10.2. The fourth-order valence-electron chi connectivity index (χ4n) is 2.10. The molecule has 0 radical (unpaired) electrons. The van der Waals surface area contributed by atoms with Gasteiger partial charge in [0.15, 0.2) is 0 Å². The number of nitrogens with zero attached hydrogens (tertiary/aromatic N) is 1. The van der Waals surface area contributed by atoms with Gasteiger partial charge in [0.1, 0.15) is 0 Å². The molecule has 0 saturated heterocycles. The third-order valence-electron chi connectivity index (χ3n) is 3.50. The maximum atomic E-state index is 12.1. The average molecular weight is 473 g/mol. The van der Waals surface area contributed by atoms with E-state index in [2.05, 4.69) is 26.6 Å². The second-order valence-electron chi connectivity index (χ2n) is 5.62. The first-order valence-electron chi connectivity index (χ1n) is 7.79. The molecule has 0 atom stereocenters. The van der Waals surface area contributed by atoms with Gasteiger partial charge in [-0.1, -0.05) is 45.2 Å². The quantitative estimate of drug-likeness (QED) is 0.674. The summed E-state index contributed by atoms with van der Waals surface area (Å²) in [6.07, 6.45) is 0. The standard InChI is InChI=1S/C18H16BrCl2N3O3/c1-24(10-16(25)23-13-5-6-14(20)15(21)8-13)17(26)9-22-18(27)11-3-2-4-12(19)7-11/h2-8H,9-10H2,1H3,(H,22,27)(H,23,25). The Morgan fingerprint density at radius 2 is 1.81 bits per heavy atom. The van der Waals surface area contributed by atoms with E-state index in [1.54, 1.807) is 36.4 Å². The summed E-state index contributed by atoms with van der Waals surface area (Å²) in [5.74, 6) is -1.18. The highest BCUT2D eigenvalue weighted by Gasteiger charge is 2.15. The Balaban J connectivity index is 1.83. The molecule has 2 N–H and O–H groups in total. The van der Waals surface area contributed by atoms with Crippen molar-refractivity contribution in [1.29, 1.82) is 0 Å². The van der Waals surface area contributed by atoms with Crippen LogP contribution in [0.25, 0.3) is 0 Å². The number of benzene rings is 2. The Bertz CT molecular complexity index is 877. The highest BCUT2D eigenvalue weighted by molar-refractivity contribution is 9.10. The van der Waals surface area contributed by atoms with Gasteiger partial charge in [0.25, 0.3) is 5.91 Å². The number of amides is 3. The number of carbonyl (C=O) groups excluding carboxylic acids is 3. The zero-order chi connectivity index (χ0) is 20.0. The predicted octanol–water partition coefficient (Wildman–Crippen LogP) is 3.58. The SMILES string of the molecule is CN(CC(=O)Nc1ccc(Cl)c(Cl)c1)C(=O)CNC(=O)c1cccc(Br)c1. The van der Waals surface area contributed by atoms with Gasteiger partial charge in [0.2, 0.25) is 11.8 Å². The maximum absolute atomic E-state index is 12.1. The third kappa shape index (κ3) is 6.53. The van der Waals surface area contributed by atoms with Crippen LogP contribution in [0.3, 0.4) is 0 Å². The minimum Gasteiger partial charge on any atom is -0.343 e. The van der Waals surface area contributed by atoms with Crippen LogP contribution in [0.1, 0.15) is 10.4 Å². The van der Waals surface area contributed by atoms with Gasteiger partial charge in [-0.25, -0.2) is 0 Å². The van der Waals surface area contributed by atoms with E-state index < -0.39 is 11.8 Å². The van der Waals surface area contributed by atoms with Gasteiger partial charge in [-0.3, -0.25) is 14.4 Å². The van der Waals surface area contributed by atoms with Gasteiger partial charge < -0.3 is 15.5 Å². The van der Waals surface area contributed by atoms with E-state index in [4.69, 9.17) is 23.2 Å². The molecule has 27 heavy (non-hydrogen) atoms. The van der Waals surface area contributed by atoms with E-state index in [-0.39, 0.29) is 19.0 Å². The fraction of sp³-hybridized carbons (Fsp3) is 0.167. The van der Waals surface area contributed by atoms with Gasteiger partial charge in [-0.2, -0.15) is 0 Å². The van der Waals surface area contributed by atoms with Crippen molar-refractivity contribution in [3.63, 3.8) is 0 Å². The van der Waals surface area contributed by atoms with Crippen LogP contribution in [0.5, 0.6) is 0 Å². The van der Waals surface area contributed by atoms with Crippen molar-refractivity contribution in [2.45, 2.75) is 0 Å². The smallest absolute Gasteiger partial charge is 0.251 e. The van der Waals surface area contributed by atoms with Crippen LogP contribution < -0.4 is 10.6 Å². The fourth-order valence-corrected chi connectivity index (χ4v) is 2.80. The lowest BCUT2D eigenvalue weighted by atomic mass is 10.2. The van der Waals surface area contributed by atoms with Gasteiger partial charge >= 0.3 is 0 Å². The van der Waals surface area contributed by atoms with Gasteiger partial charge in [-0.15, -0.1) is 0 Å². The van der Waals surface area contributed by atoms with Gasteiger partial charge in [0, 0.05) is 22.8 Å². The summed E-state index contributed by atoms with van der Waals surface area (Å²) in [7, 11) is 1.47. The minimum absolute atomic E-state index is 0.175. The zero-order valence-corrected chi connectivity index (χ0v) is 17.4. The first-order valence-corrected chi connectivity index (χ1v) is 9.34. The summed E-state index contributed by atoms with van der Waals surface area (Å²) >= 11 is 15.0. The van der Waals surface area contributed by atoms with Crippen LogP contribution in [-0.4, -0.2) is 42.8 Å². The number of hydrogen-bond acceptors (Lipinski definition) is 3. The summed E-state index contributed by atoms with van der Waals surface area (Å²) in [4.78, 5) is 37.4. The van der Waals surface area contributed by atoms with Gasteiger partial charge in [0.05, 0.1) is 23.1 Å². The first-order chi connectivity index (χ1) is 12.8. The molecule has 0 saturated carbocycles. The number of nitrogens with one attached hydrogen (secondary N) is 2. The molecule has 0 fully saturated rings. The van der Waals surface area contributed by atoms with E-state index in [0.29, 0.717) is 21.3 Å². The monoisotopic (exact) mass is 471 g/mol. The molecule has 0 bridgehead atoms. The Morgan fingerprint density at radius 3 is 2.48 bits per heavy atom. The summed E-state index contributed by atoms with van der Waals surface area (Å²) in [6, 6.07) is 11.5. The predicted molar refractivity (Wildman–Crippen MR) is 109 cm³/mol. The Morgan fingerprint density at radius 1 is 1.07 bits per heavy atom. The summed E-state index contributed by atoms with van der Waals surface area (Å²) in [6.45, 7) is -0.395. The summed E-state index contributed by atoms with van der Waals surface area (Å²) in [5.41, 5.74) is 0.899. The highest BCUT2D eigenvalue weighted by atomic mass is 79.9. The molecule has 2 rings (SSSR count). The molecule has 0 aliphatic carbocycles. The van der Waals surface area contributed by atoms with Crippen LogP contribution >= 0.6 is 39.1 Å².